The Labute approximate surface area is 123 Å². The monoisotopic (exact) mass is 284 g/mol. The van der Waals surface area contributed by atoms with Crippen LogP contribution < -0.4 is 5.32 Å². The van der Waals surface area contributed by atoms with Gasteiger partial charge in [-0.3, -0.25) is 9.69 Å². The number of hydrogen-bond acceptors (Lipinski definition) is 3. The molecule has 0 saturated carbocycles. The molecule has 0 aliphatic carbocycles. The average Bonchev–Trinajstić information content (AvgIpc) is 2.37. The number of nitrogens with one attached hydrogen (secondary N) is 1. The maximum atomic E-state index is 11.3. The lowest BCUT2D eigenvalue weighted by atomic mass is 9.93. The fourth-order valence-corrected chi connectivity index (χ4v) is 3.35. The van der Waals surface area contributed by atoms with Gasteiger partial charge in [0, 0.05) is 12.1 Å². The molecule has 3 atom stereocenters. The van der Waals surface area contributed by atoms with Gasteiger partial charge in [0.1, 0.15) is 5.54 Å². The molecule has 0 aromatic carbocycles. The first-order chi connectivity index (χ1) is 9.40. The summed E-state index contributed by atoms with van der Waals surface area (Å²) in [5, 5.41) is 12.4. The molecule has 4 heteroatoms. The van der Waals surface area contributed by atoms with E-state index in [2.05, 4.69) is 24.1 Å². The van der Waals surface area contributed by atoms with Gasteiger partial charge in [-0.15, -0.1) is 0 Å². The maximum absolute atomic E-state index is 11.3. The lowest BCUT2D eigenvalue weighted by molar-refractivity contribution is -0.144. The second-order valence-corrected chi connectivity index (χ2v) is 6.49. The fraction of sp³-hybridized carbons (Fsp3) is 0.938. The van der Waals surface area contributed by atoms with Gasteiger partial charge in [0.25, 0.3) is 0 Å². The molecule has 0 aromatic heterocycles. The number of carboxylic acids is 1. The predicted octanol–water partition coefficient (Wildman–Crippen LogP) is 2.87. The van der Waals surface area contributed by atoms with Crippen LogP contribution in [-0.4, -0.2) is 46.7 Å². The van der Waals surface area contributed by atoms with Crippen LogP contribution in [0.25, 0.3) is 0 Å². The molecular weight excluding hydrogens is 252 g/mol. The summed E-state index contributed by atoms with van der Waals surface area (Å²) in [6.07, 6.45) is 6.70. The summed E-state index contributed by atoms with van der Waals surface area (Å²) in [6.45, 7) is 10.2. The molecule has 2 N–H and O–H groups in total. The Bertz CT molecular complexity index is 299. The zero-order valence-corrected chi connectivity index (χ0v) is 13.6. The van der Waals surface area contributed by atoms with Crippen molar-refractivity contribution < 1.29 is 9.90 Å². The topological polar surface area (TPSA) is 52.6 Å². The number of likely N-dealkylation sites (N-methyl/N-ethyl adjacent to an activating group) is 1. The molecule has 1 rings (SSSR count). The molecule has 0 spiro atoms. The van der Waals surface area contributed by atoms with E-state index >= 15 is 0 Å². The van der Waals surface area contributed by atoms with Gasteiger partial charge in [-0.05, 0) is 66.0 Å². The Kier molecular flexibility index (Phi) is 6.96. The van der Waals surface area contributed by atoms with Crippen molar-refractivity contribution in [1.82, 2.24) is 10.2 Å². The van der Waals surface area contributed by atoms with Crippen molar-refractivity contribution in [3.8, 4) is 0 Å². The largest absolute Gasteiger partial charge is 0.480 e. The number of aliphatic carboxylic acids is 1. The van der Waals surface area contributed by atoms with Crippen LogP contribution in [0.4, 0.5) is 0 Å². The first kappa shape index (κ1) is 17.4. The molecule has 118 valence electrons. The number of carboxylic acid groups (broad SMARTS) is 1. The second kappa shape index (κ2) is 7.99. The van der Waals surface area contributed by atoms with Crippen molar-refractivity contribution in [2.45, 2.75) is 83.8 Å². The van der Waals surface area contributed by atoms with E-state index in [1.807, 2.05) is 6.92 Å². The van der Waals surface area contributed by atoms with Crippen LogP contribution in [0.5, 0.6) is 0 Å². The second-order valence-electron chi connectivity index (χ2n) is 6.49. The number of piperidine rings is 1. The van der Waals surface area contributed by atoms with E-state index in [-0.39, 0.29) is 0 Å². The van der Waals surface area contributed by atoms with Gasteiger partial charge in [-0.2, -0.15) is 0 Å². The minimum atomic E-state index is -0.770. The summed E-state index contributed by atoms with van der Waals surface area (Å²) in [5.41, 5.74) is -0.770. The van der Waals surface area contributed by atoms with Crippen LogP contribution >= 0.6 is 0 Å². The summed E-state index contributed by atoms with van der Waals surface area (Å²) in [5.74, 6) is -0.737. The van der Waals surface area contributed by atoms with Crippen LogP contribution in [0.3, 0.4) is 0 Å². The zero-order valence-electron chi connectivity index (χ0n) is 13.6. The van der Waals surface area contributed by atoms with Crippen LogP contribution in [0, 0.1) is 0 Å². The highest BCUT2D eigenvalue weighted by Gasteiger charge is 2.31. The highest BCUT2D eigenvalue weighted by Crippen LogP contribution is 2.23. The van der Waals surface area contributed by atoms with Gasteiger partial charge in [0.05, 0.1) is 0 Å². The highest BCUT2D eigenvalue weighted by molar-refractivity contribution is 5.78. The van der Waals surface area contributed by atoms with Crippen molar-refractivity contribution in [3.05, 3.63) is 0 Å². The molecule has 1 fully saturated rings. The zero-order chi connectivity index (χ0) is 15.2. The van der Waals surface area contributed by atoms with Crippen molar-refractivity contribution in [3.63, 3.8) is 0 Å². The number of nitrogens with zero attached hydrogens (tertiary/aromatic N) is 1. The fourth-order valence-electron chi connectivity index (χ4n) is 3.35. The summed E-state index contributed by atoms with van der Waals surface area (Å²) in [7, 11) is 0. The smallest absolute Gasteiger partial charge is 0.323 e. The van der Waals surface area contributed by atoms with E-state index in [0.717, 1.165) is 19.4 Å². The number of rotatable bonds is 8. The third-order valence-corrected chi connectivity index (χ3v) is 4.76. The molecule has 1 unspecified atom stereocenters. The summed E-state index contributed by atoms with van der Waals surface area (Å²) < 4.78 is 0. The van der Waals surface area contributed by atoms with Gasteiger partial charge in [-0.25, -0.2) is 0 Å². The molecule has 4 nitrogen and oxygen atoms in total. The van der Waals surface area contributed by atoms with Crippen LogP contribution in [0.2, 0.25) is 0 Å². The number of unbranched alkanes of at least 4 members (excludes halogenated alkanes) is 1. The number of hydrogen-bond donors (Lipinski definition) is 2. The molecule has 20 heavy (non-hydrogen) atoms. The minimum absolute atomic E-state index is 0.679. The lowest BCUT2D eigenvalue weighted by Crippen LogP contribution is -2.49. The molecule has 1 heterocycles. The Balaban J connectivity index is 2.34. The summed E-state index contributed by atoms with van der Waals surface area (Å²) in [6, 6.07) is 1.36. The van der Waals surface area contributed by atoms with Gasteiger partial charge in [0.15, 0.2) is 0 Å². The van der Waals surface area contributed by atoms with Crippen molar-refractivity contribution in [2.75, 3.05) is 13.1 Å². The summed E-state index contributed by atoms with van der Waals surface area (Å²) in [4.78, 5) is 13.9. The van der Waals surface area contributed by atoms with Crippen molar-refractivity contribution >= 4 is 5.97 Å². The molecule has 0 radical (unpaired) electrons. The van der Waals surface area contributed by atoms with E-state index in [9.17, 15) is 9.90 Å². The molecule has 0 bridgehead atoms. The van der Waals surface area contributed by atoms with Crippen LogP contribution in [-0.2, 0) is 4.79 Å². The molecule has 1 saturated heterocycles. The van der Waals surface area contributed by atoms with Crippen molar-refractivity contribution in [2.24, 2.45) is 0 Å². The van der Waals surface area contributed by atoms with Gasteiger partial charge >= 0.3 is 5.97 Å². The molecule has 0 amide bonds. The van der Waals surface area contributed by atoms with E-state index in [1.54, 1.807) is 6.92 Å². The minimum Gasteiger partial charge on any atom is -0.480 e. The van der Waals surface area contributed by atoms with Gasteiger partial charge < -0.3 is 10.4 Å². The normalized spacial score (nSPS) is 27.2. The number of carbonyl (C=O) groups is 1. The van der Waals surface area contributed by atoms with Gasteiger partial charge in [-0.1, -0.05) is 13.3 Å². The maximum Gasteiger partial charge on any atom is 0.323 e. The van der Waals surface area contributed by atoms with Crippen LogP contribution in [0.1, 0.15) is 66.2 Å². The Morgan fingerprint density at radius 3 is 2.40 bits per heavy atom. The third-order valence-electron chi connectivity index (χ3n) is 4.76. The van der Waals surface area contributed by atoms with Gasteiger partial charge in [0.2, 0.25) is 0 Å². The molecule has 0 aromatic rings. The highest BCUT2D eigenvalue weighted by atomic mass is 16.4. The lowest BCUT2D eigenvalue weighted by Gasteiger charge is -2.39. The van der Waals surface area contributed by atoms with E-state index < -0.39 is 11.5 Å². The standard InChI is InChI=1S/C16H32N2O2/c1-5-17-16(4,15(19)20)11-6-7-12-18-13(2)9-8-10-14(18)3/h13-14,17H,5-12H2,1-4H3,(H,19,20)/t13-,14+,16?. The average molecular weight is 284 g/mol. The Morgan fingerprint density at radius 1 is 1.30 bits per heavy atom. The SMILES string of the molecule is CCNC(C)(CCCCN1[C@H](C)CCC[C@@H]1C)C(=O)O. The number of likely N-dealkylation sites (tertiary alicyclic amines) is 1. The van der Waals surface area contributed by atoms with Crippen molar-refractivity contribution in [1.29, 1.82) is 0 Å². The van der Waals surface area contributed by atoms with E-state index in [0.29, 0.717) is 25.0 Å². The summed E-state index contributed by atoms with van der Waals surface area (Å²) >= 11 is 0. The Hall–Kier alpha value is -0.610. The van der Waals surface area contributed by atoms with Crippen LogP contribution in [0.15, 0.2) is 0 Å². The quantitative estimate of drug-likeness (QED) is 0.673. The first-order valence-electron chi connectivity index (χ1n) is 8.15. The molecular formula is C16H32N2O2. The third kappa shape index (κ3) is 4.74. The Morgan fingerprint density at radius 2 is 1.90 bits per heavy atom. The first-order valence-corrected chi connectivity index (χ1v) is 8.15. The predicted molar refractivity (Wildman–Crippen MR) is 83.0 cm³/mol. The van der Waals surface area contributed by atoms with E-state index in [4.69, 9.17) is 0 Å². The molecule has 1 aliphatic heterocycles. The van der Waals surface area contributed by atoms with E-state index in [1.165, 1.54) is 19.3 Å². The molecule has 1 aliphatic rings.